The number of aryl methyl sites for hydroxylation is 1. The fourth-order valence-electron chi connectivity index (χ4n) is 3.30. The van der Waals surface area contributed by atoms with Gasteiger partial charge in [-0.1, -0.05) is 62.4 Å². The molecule has 0 saturated carbocycles. The minimum absolute atomic E-state index is 0.115. The quantitative estimate of drug-likeness (QED) is 0.722. The van der Waals surface area contributed by atoms with Crippen molar-refractivity contribution in [1.82, 2.24) is 9.88 Å². The van der Waals surface area contributed by atoms with Crippen LogP contribution in [-0.2, 0) is 0 Å². The largest absolute Gasteiger partial charge is 0.389 e. The van der Waals surface area contributed by atoms with Crippen LogP contribution in [0.15, 0.2) is 60.8 Å². The number of aliphatic hydroxyl groups excluding tert-OH is 1. The van der Waals surface area contributed by atoms with Crippen LogP contribution in [0.1, 0.15) is 31.0 Å². The molecule has 3 rings (SSSR count). The Kier molecular flexibility index (Phi) is 5.03. The fourth-order valence-corrected chi connectivity index (χ4v) is 3.30. The van der Waals surface area contributed by atoms with Crippen molar-refractivity contribution in [2.24, 2.45) is 0 Å². The molecule has 0 amide bonds. The monoisotopic (exact) mass is 322 g/mol. The molecule has 2 unspecified atom stereocenters. The first kappa shape index (κ1) is 16.7. The van der Waals surface area contributed by atoms with Crippen LogP contribution >= 0.6 is 0 Å². The normalized spacial score (nSPS) is 14.2. The van der Waals surface area contributed by atoms with Crippen molar-refractivity contribution in [3.8, 4) is 0 Å². The molecule has 3 nitrogen and oxygen atoms in total. The molecule has 24 heavy (non-hydrogen) atoms. The molecule has 0 saturated heterocycles. The molecule has 0 fully saturated rings. The lowest BCUT2D eigenvalue weighted by Crippen LogP contribution is -2.37. The highest BCUT2D eigenvalue weighted by atomic mass is 16.3. The van der Waals surface area contributed by atoms with Gasteiger partial charge in [0.1, 0.15) is 0 Å². The molecule has 2 atom stereocenters. The second-order valence-corrected chi connectivity index (χ2v) is 6.72. The van der Waals surface area contributed by atoms with Crippen molar-refractivity contribution in [2.45, 2.75) is 39.0 Å². The van der Waals surface area contributed by atoms with Gasteiger partial charge >= 0.3 is 0 Å². The van der Waals surface area contributed by atoms with Gasteiger partial charge in [0.15, 0.2) is 0 Å². The van der Waals surface area contributed by atoms with Crippen LogP contribution in [0.3, 0.4) is 0 Å². The Balaban J connectivity index is 2.07. The smallest absolute Gasteiger partial charge is 0.0912 e. The van der Waals surface area contributed by atoms with Gasteiger partial charge in [-0.25, -0.2) is 0 Å². The van der Waals surface area contributed by atoms with Gasteiger partial charge in [0.25, 0.3) is 0 Å². The minimum atomic E-state index is -0.509. The van der Waals surface area contributed by atoms with E-state index < -0.39 is 6.10 Å². The van der Waals surface area contributed by atoms with Gasteiger partial charge in [-0.15, -0.1) is 0 Å². The zero-order chi connectivity index (χ0) is 17.1. The highest BCUT2D eigenvalue weighted by Gasteiger charge is 2.24. The number of rotatable bonds is 6. The number of nitrogens with one attached hydrogen (secondary N) is 1. The Labute approximate surface area is 143 Å². The molecule has 0 aliphatic heterocycles. The van der Waals surface area contributed by atoms with E-state index in [9.17, 15) is 5.11 Å². The van der Waals surface area contributed by atoms with Gasteiger partial charge in [0.05, 0.1) is 12.1 Å². The number of hydrogen-bond acceptors (Lipinski definition) is 2. The zero-order valence-electron chi connectivity index (χ0n) is 14.6. The summed E-state index contributed by atoms with van der Waals surface area (Å²) in [7, 11) is 0. The topological polar surface area (TPSA) is 37.2 Å². The van der Waals surface area contributed by atoms with Gasteiger partial charge in [0.2, 0.25) is 0 Å². The number of nitrogens with zero attached hydrogens (tertiary/aromatic N) is 1. The van der Waals surface area contributed by atoms with Crippen LogP contribution in [0.5, 0.6) is 0 Å². The van der Waals surface area contributed by atoms with Crippen LogP contribution in [0.2, 0.25) is 0 Å². The van der Waals surface area contributed by atoms with E-state index in [-0.39, 0.29) is 6.04 Å². The van der Waals surface area contributed by atoms with Gasteiger partial charge in [-0.05, 0) is 24.1 Å². The van der Waals surface area contributed by atoms with Crippen molar-refractivity contribution in [2.75, 3.05) is 6.54 Å². The summed E-state index contributed by atoms with van der Waals surface area (Å²) >= 11 is 0. The molecule has 0 spiro atoms. The molecule has 2 aromatic carbocycles. The molecular formula is C21H26N2O. The Morgan fingerprint density at radius 1 is 1.00 bits per heavy atom. The molecule has 0 aliphatic carbocycles. The van der Waals surface area contributed by atoms with Crippen LogP contribution in [0, 0.1) is 6.92 Å². The lowest BCUT2D eigenvalue weighted by molar-refractivity contribution is 0.127. The minimum Gasteiger partial charge on any atom is -0.389 e. The number of hydrogen-bond donors (Lipinski definition) is 2. The van der Waals surface area contributed by atoms with Gasteiger partial charge < -0.3 is 15.0 Å². The Morgan fingerprint density at radius 3 is 2.38 bits per heavy atom. The maximum Gasteiger partial charge on any atom is 0.0912 e. The van der Waals surface area contributed by atoms with Crippen LogP contribution in [0.4, 0.5) is 0 Å². The summed E-state index contributed by atoms with van der Waals surface area (Å²) in [5.74, 6) is 0. The van der Waals surface area contributed by atoms with E-state index in [0.717, 1.165) is 11.1 Å². The summed E-state index contributed by atoms with van der Waals surface area (Å²) in [6.45, 7) is 6.88. The average molecular weight is 322 g/mol. The van der Waals surface area contributed by atoms with Crippen LogP contribution in [0.25, 0.3) is 10.9 Å². The molecule has 0 bridgehead atoms. The number of benzene rings is 2. The summed E-state index contributed by atoms with van der Waals surface area (Å²) < 4.78 is 2.21. The highest BCUT2D eigenvalue weighted by Crippen LogP contribution is 2.30. The lowest BCUT2D eigenvalue weighted by Gasteiger charge is -2.27. The van der Waals surface area contributed by atoms with Gasteiger partial charge in [-0.2, -0.15) is 0 Å². The molecule has 3 aromatic rings. The highest BCUT2D eigenvalue weighted by molar-refractivity contribution is 5.84. The first-order chi connectivity index (χ1) is 11.6. The second kappa shape index (κ2) is 7.20. The number of aromatic nitrogens is 1. The predicted molar refractivity (Wildman–Crippen MR) is 100 cm³/mol. The van der Waals surface area contributed by atoms with Crippen LogP contribution in [-0.4, -0.2) is 28.4 Å². The molecule has 2 N–H and O–H groups in total. The van der Waals surface area contributed by atoms with Crippen molar-refractivity contribution in [3.05, 3.63) is 71.9 Å². The first-order valence-electron chi connectivity index (χ1n) is 8.60. The molecule has 0 radical (unpaired) electrons. The van der Waals surface area contributed by atoms with E-state index in [0.29, 0.717) is 12.6 Å². The van der Waals surface area contributed by atoms with Gasteiger partial charge in [0, 0.05) is 29.7 Å². The summed E-state index contributed by atoms with van der Waals surface area (Å²) in [6, 6.07) is 18.9. The third kappa shape index (κ3) is 3.37. The third-order valence-electron chi connectivity index (χ3n) is 4.48. The molecule has 0 aliphatic rings. The maximum absolute atomic E-state index is 11.0. The Bertz CT molecular complexity index is 792. The van der Waals surface area contributed by atoms with E-state index in [4.69, 9.17) is 0 Å². The van der Waals surface area contributed by atoms with Crippen molar-refractivity contribution < 1.29 is 5.11 Å². The van der Waals surface area contributed by atoms with Crippen molar-refractivity contribution in [3.63, 3.8) is 0 Å². The SMILES string of the molecule is Cc1cn(C(c2ccccc2)C(O)CNC(C)C)c2ccccc12. The first-order valence-corrected chi connectivity index (χ1v) is 8.60. The van der Waals surface area contributed by atoms with E-state index in [1.807, 2.05) is 18.2 Å². The average Bonchev–Trinajstić information content (AvgIpc) is 2.91. The lowest BCUT2D eigenvalue weighted by atomic mass is 10.0. The Hall–Kier alpha value is -2.10. The van der Waals surface area contributed by atoms with Crippen LogP contribution < -0.4 is 5.32 Å². The third-order valence-corrected chi connectivity index (χ3v) is 4.48. The molecule has 1 heterocycles. The fraction of sp³-hybridized carbons (Fsp3) is 0.333. The van der Waals surface area contributed by atoms with E-state index in [1.54, 1.807) is 0 Å². The Morgan fingerprint density at radius 2 is 1.67 bits per heavy atom. The number of para-hydroxylation sites is 1. The summed E-state index contributed by atoms with van der Waals surface area (Å²) in [5.41, 5.74) is 3.51. The van der Waals surface area contributed by atoms with Crippen molar-refractivity contribution >= 4 is 10.9 Å². The molecular weight excluding hydrogens is 296 g/mol. The standard InChI is InChI=1S/C21H26N2O/c1-15(2)22-13-20(24)21(17-9-5-4-6-10-17)23-14-16(3)18-11-7-8-12-19(18)23/h4-12,14-15,20-22,24H,13H2,1-3H3. The maximum atomic E-state index is 11.0. The summed E-state index contributed by atoms with van der Waals surface area (Å²) in [4.78, 5) is 0. The molecule has 126 valence electrons. The predicted octanol–water partition coefficient (Wildman–Crippen LogP) is 3.90. The zero-order valence-corrected chi connectivity index (χ0v) is 14.6. The van der Waals surface area contributed by atoms with Crippen molar-refractivity contribution in [1.29, 1.82) is 0 Å². The van der Waals surface area contributed by atoms with Gasteiger partial charge in [-0.3, -0.25) is 0 Å². The van der Waals surface area contributed by atoms with E-state index >= 15 is 0 Å². The summed E-state index contributed by atoms with van der Waals surface area (Å²) in [6.07, 6.45) is 1.64. The van der Waals surface area contributed by atoms with E-state index in [2.05, 4.69) is 73.3 Å². The molecule has 1 aromatic heterocycles. The summed E-state index contributed by atoms with van der Waals surface area (Å²) in [5, 5.41) is 15.5. The number of aliphatic hydroxyl groups is 1. The number of fused-ring (bicyclic) bond motifs is 1. The second-order valence-electron chi connectivity index (χ2n) is 6.72. The molecule has 3 heteroatoms. The van der Waals surface area contributed by atoms with E-state index in [1.165, 1.54) is 10.9 Å².